The standard InChI is InChI=1S/C34H31NO6/c1-37-27-15-11-23(12-16-27)21-32-33(35-36)34(41-32)30(20-24-7-6-9-29(19-24)38-2)25-13-17-28(18-14-25)40-22-26-8-4-5-10-31(26)39-3/h4-19,21,36H,20,22H2,1-3H3/b32-21-,34-30-,35-33+. The smallest absolute Gasteiger partial charge is 0.187 e. The SMILES string of the molecule is COc1ccc(\C=C2/OC(=C(/Cc3cccc(OC)c3)c3ccc(OCc4ccccc4OC)cc3)/C2=N/O)cc1. The van der Waals surface area contributed by atoms with E-state index >= 15 is 0 Å². The summed E-state index contributed by atoms with van der Waals surface area (Å²) in [5.41, 5.74) is 5.05. The fourth-order valence-electron chi connectivity index (χ4n) is 4.56. The number of nitrogens with zero attached hydrogens (tertiary/aromatic N) is 1. The van der Waals surface area contributed by atoms with Gasteiger partial charge in [-0.05, 0) is 65.2 Å². The molecule has 0 aromatic heterocycles. The predicted molar refractivity (Wildman–Crippen MR) is 159 cm³/mol. The van der Waals surface area contributed by atoms with Crippen molar-refractivity contribution < 1.29 is 28.9 Å². The number of hydrogen-bond acceptors (Lipinski definition) is 7. The molecule has 0 amide bonds. The Hall–Kier alpha value is -5.17. The number of oxime groups is 1. The number of methoxy groups -OCH3 is 3. The molecule has 4 aromatic carbocycles. The first-order chi connectivity index (χ1) is 20.1. The highest BCUT2D eigenvalue weighted by atomic mass is 16.5. The fraction of sp³-hybridized carbons (Fsp3) is 0.147. The lowest BCUT2D eigenvalue weighted by molar-refractivity contribution is 0.276. The van der Waals surface area contributed by atoms with E-state index in [1.165, 1.54) is 0 Å². The Morgan fingerprint density at radius 1 is 0.780 bits per heavy atom. The van der Waals surface area contributed by atoms with Crippen LogP contribution >= 0.6 is 0 Å². The zero-order valence-electron chi connectivity index (χ0n) is 23.2. The number of para-hydroxylation sites is 1. The lowest BCUT2D eigenvalue weighted by atomic mass is 9.92. The molecule has 5 rings (SSSR count). The van der Waals surface area contributed by atoms with Gasteiger partial charge in [0.2, 0.25) is 0 Å². The molecule has 0 radical (unpaired) electrons. The minimum atomic E-state index is 0.380. The maximum atomic E-state index is 9.96. The van der Waals surface area contributed by atoms with E-state index in [-0.39, 0.29) is 0 Å². The topological polar surface area (TPSA) is 78.7 Å². The quantitative estimate of drug-likeness (QED) is 0.167. The summed E-state index contributed by atoms with van der Waals surface area (Å²) in [6, 6.07) is 31.0. The molecule has 7 nitrogen and oxygen atoms in total. The van der Waals surface area contributed by atoms with Crippen LogP contribution in [0, 0.1) is 0 Å². The van der Waals surface area contributed by atoms with Crippen molar-refractivity contribution in [2.75, 3.05) is 21.3 Å². The van der Waals surface area contributed by atoms with Crippen molar-refractivity contribution >= 4 is 17.4 Å². The van der Waals surface area contributed by atoms with Crippen molar-refractivity contribution in [1.29, 1.82) is 0 Å². The molecule has 0 saturated carbocycles. The number of benzene rings is 4. The van der Waals surface area contributed by atoms with E-state index in [4.69, 9.17) is 23.7 Å². The van der Waals surface area contributed by atoms with Crippen LogP contribution in [0.1, 0.15) is 22.3 Å². The van der Waals surface area contributed by atoms with Gasteiger partial charge in [0, 0.05) is 17.6 Å². The molecule has 7 heteroatoms. The Kier molecular flexibility index (Phi) is 8.55. The third kappa shape index (κ3) is 6.36. The third-order valence-electron chi connectivity index (χ3n) is 6.75. The van der Waals surface area contributed by atoms with Gasteiger partial charge in [-0.2, -0.15) is 0 Å². The van der Waals surface area contributed by atoms with Gasteiger partial charge in [0.25, 0.3) is 0 Å². The predicted octanol–water partition coefficient (Wildman–Crippen LogP) is 7.15. The van der Waals surface area contributed by atoms with Crippen LogP contribution in [-0.4, -0.2) is 32.2 Å². The second-order valence-corrected chi connectivity index (χ2v) is 9.29. The molecule has 1 aliphatic rings. The van der Waals surface area contributed by atoms with E-state index in [0.717, 1.165) is 50.8 Å². The second-order valence-electron chi connectivity index (χ2n) is 9.29. The van der Waals surface area contributed by atoms with Crippen LogP contribution in [0.25, 0.3) is 11.6 Å². The van der Waals surface area contributed by atoms with E-state index in [2.05, 4.69) is 5.16 Å². The van der Waals surface area contributed by atoms with Crippen LogP contribution < -0.4 is 18.9 Å². The lowest BCUT2D eigenvalue weighted by Gasteiger charge is -2.27. The maximum absolute atomic E-state index is 9.96. The van der Waals surface area contributed by atoms with Crippen LogP contribution in [0.4, 0.5) is 0 Å². The molecule has 1 saturated heterocycles. The largest absolute Gasteiger partial charge is 0.497 e. The summed E-state index contributed by atoms with van der Waals surface area (Å²) in [5.74, 6) is 4.01. The van der Waals surface area contributed by atoms with Crippen molar-refractivity contribution in [2.45, 2.75) is 13.0 Å². The molecule has 1 fully saturated rings. The molecule has 4 aromatic rings. The number of rotatable bonds is 10. The van der Waals surface area contributed by atoms with Crippen molar-refractivity contribution in [3.63, 3.8) is 0 Å². The zero-order valence-corrected chi connectivity index (χ0v) is 23.2. The van der Waals surface area contributed by atoms with E-state index in [0.29, 0.717) is 30.3 Å². The van der Waals surface area contributed by atoms with Gasteiger partial charge in [0.05, 0.1) is 21.3 Å². The monoisotopic (exact) mass is 549 g/mol. The van der Waals surface area contributed by atoms with Gasteiger partial charge in [0.1, 0.15) is 29.6 Å². The summed E-state index contributed by atoms with van der Waals surface area (Å²) in [6.07, 6.45) is 2.36. The van der Waals surface area contributed by atoms with Gasteiger partial charge < -0.3 is 28.9 Å². The third-order valence-corrected chi connectivity index (χ3v) is 6.75. The minimum Gasteiger partial charge on any atom is -0.497 e. The first-order valence-corrected chi connectivity index (χ1v) is 13.1. The van der Waals surface area contributed by atoms with Gasteiger partial charge in [-0.25, -0.2) is 0 Å². The Morgan fingerprint density at radius 2 is 1.51 bits per heavy atom. The summed E-state index contributed by atoms with van der Waals surface area (Å²) >= 11 is 0. The average Bonchev–Trinajstić information content (AvgIpc) is 3.02. The summed E-state index contributed by atoms with van der Waals surface area (Å²) in [7, 11) is 4.91. The van der Waals surface area contributed by atoms with Gasteiger partial charge in [-0.1, -0.05) is 59.8 Å². The molecule has 0 aliphatic carbocycles. The molecular formula is C34H31NO6. The molecular weight excluding hydrogens is 518 g/mol. The highest BCUT2D eigenvalue weighted by molar-refractivity contribution is 6.20. The molecule has 1 N–H and O–H groups in total. The number of hydrogen-bond donors (Lipinski definition) is 1. The number of allylic oxidation sites excluding steroid dienone is 1. The molecule has 0 bridgehead atoms. The van der Waals surface area contributed by atoms with Crippen molar-refractivity contribution in [2.24, 2.45) is 5.16 Å². The van der Waals surface area contributed by atoms with Crippen molar-refractivity contribution in [3.8, 4) is 23.0 Å². The minimum absolute atomic E-state index is 0.380. The first-order valence-electron chi connectivity index (χ1n) is 13.1. The highest BCUT2D eigenvalue weighted by Gasteiger charge is 2.33. The maximum Gasteiger partial charge on any atom is 0.187 e. The highest BCUT2D eigenvalue weighted by Crippen LogP contribution is 2.37. The normalized spacial score (nSPS) is 15.6. The van der Waals surface area contributed by atoms with E-state index in [9.17, 15) is 5.21 Å². The Labute approximate surface area is 239 Å². The van der Waals surface area contributed by atoms with Crippen LogP contribution in [0.5, 0.6) is 23.0 Å². The second kappa shape index (κ2) is 12.8. The molecule has 41 heavy (non-hydrogen) atoms. The van der Waals surface area contributed by atoms with Crippen LogP contribution in [0.15, 0.2) is 114 Å². The molecule has 0 unspecified atom stereocenters. The van der Waals surface area contributed by atoms with Gasteiger partial charge in [-0.3, -0.25) is 0 Å². The first kappa shape index (κ1) is 27.4. The summed E-state index contributed by atoms with van der Waals surface area (Å²) < 4.78 is 28.3. The zero-order chi connectivity index (χ0) is 28.6. The summed E-state index contributed by atoms with van der Waals surface area (Å²) in [6.45, 7) is 0.380. The summed E-state index contributed by atoms with van der Waals surface area (Å²) in [5, 5.41) is 13.5. The molecule has 208 valence electrons. The van der Waals surface area contributed by atoms with E-state index in [1.54, 1.807) is 21.3 Å². The lowest BCUT2D eigenvalue weighted by Crippen LogP contribution is -2.25. The van der Waals surface area contributed by atoms with Crippen molar-refractivity contribution in [1.82, 2.24) is 0 Å². The van der Waals surface area contributed by atoms with Crippen molar-refractivity contribution in [3.05, 3.63) is 131 Å². The van der Waals surface area contributed by atoms with E-state index < -0.39 is 0 Å². The molecule has 0 spiro atoms. The number of ether oxygens (including phenoxy) is 5. The van der Waals surface area contributed by atoms with Gasteiger partial charge in [0.15, 0.2) is 17.2 Å². The van der Waals surface area contributed by atoms with E-state index in [1.807, 2.05) is 103 Å². The summed E-state index contributed by atoms with van der Waals surface area (Å²) in [4.78, 5) is 0. The van der Waals surface area contributed by atoms with Crippen LogP contribution in [0.3, 0.4) is 0 Å². The van der Waals surface area contributed by atoms with Gasteiger partial charge in [-0.15, -0.1) is 0 Å². The fourth-order valence-corrected chi connectivity index (χ4v) is 4.56. The molecule has 0 atom stereocenters. The van der Waals surface area contributed by atoms with Crippen LogP contribution in [0.2, 0.25) is 0 Å². The van der Waals surface area contributed by atoms with Gasteiger partial charge >= 0.3 is 0 Å². The Balaban J connectivity index is 1.43. The Morgan fingerprint density at radius 3 is 2.22 bits per heavy atom. The Bertz CT molecular complexity index is 1590. The molecule has 1 heterocycles. The van der Waals surface area contributed by atoms with Crippen LogP contribution in [-0.2, 0) is 17.8 Å². The molecule has 1 aliphatic heterocycles. The average molecular weight is 550 g/mol.